The average Bonchev–Trinajstić information content (AvgIpc) is 2.53. The molecule has 0 aromatic heterocycles. The van der Waals surface area contributed by atoms with Crippen LogP contribution < -0.4 is 10.1 Å². The van der Waals surface area contributed by atoms with Crippen molar-refractivity contribution in [2.24, 2.45) is 0 Å². The molecule has 0 radical (unpaired) electrons. The van der Waals surface area contributed by atoms with Gasteiger partial charge in [-0.25, -0.2) is 0 Å². The van der Waals surface area contributed by atoms with Crippen molar-refractivity contribution in [2.45, 2.75) is 13.0 Å². The normalized spacial score (nSPS) is 11.3. The molecule has 1 rings (SSSR count). The van der Waals surface area contributed by atoms with Crippen LogP contribution in [0.4, 0.5) is 0 Å². The summed E-state index contributed by atoms with van der Waals surface area (Å²) in [7, 11) is 1.46. The minimum atomic E-state index is -0.703. The first-order valence-electron chi connectivity index (χ1n) is 7.09. The van der Waals surface area contributed by atoms with Gasteiger partial charge in [0.05, 0.1) is 12.7 Å². The van der Waals surface area contributed by atoms with Gasteiger partial charge in [-0.05, 0) is 25.1 Å². The van der Waals surface area contributed by atoms with E-state index in [1.165, 1.54) is 13.2 Å². The second-order valence-corrected chi connectivity index (χ2v) is 5.30. The van der Waals surface area contributed by atoms with Gasteiger partial charge in [0.1, 0.15) is 11.8 Å². The number of hydrogen-bond donors (Lipinski definition) is 1. The Morgan fingerprint density at radius 2 is 1.96 bits per heavy atom. The summed E-state index contributed by atoms with van der Waals surface area (Å²) >= 11 is 5.92. The van der Waals surface area contributed by atoms with E-state index < -0.39 is 11.9 Å². The van der Waals surface area contributed by atoms with Crippen molar-refractivity contribution in [3.63, 3.8) is 0 Å². The van der Waals surface area contributed by atoms with Crippen LogP contribution in [0.3, 0.4) is 0 Å². The fraction of sp³-hybridized carbons (Fsp3) is 0.294. The lowest BCUT2D eigenvalue weighted by Crippen LogP contribution is -2.47. The lowest BCUT2D eigenvalue weighted by atomic mass is 10.1. The molecule has 0 aliphatic carbocycles. The number of methoxy groups -OCH3 is 1. The van der Waals surface area contributed by atoms with Gasteiger partial charge in [0, 0.05) is 18.1 Å². The highest BCUT2D eigenvalue weighted by Crippen LogP contribution is 2.22. The number of nitrogens with zero attached hydrogens (tertiary/aromatic N) is 1. The summed E-state index contributed by atoms with van der Waals surface area (Å²) in [6.07, 6.45) is 3.24. The van der Waals surface area contributed by atoms with Crippen LogP contribution in [-0.2, 0) is 4.79 Å². The molecule has 1 aromatic rings. The number of amides is 2. The molecular formula is C17H21ClN2O3. The van der Waals surface area contributed by atoms with Crippen molar-refractivity contribution in [2.75, 3.05) is 20.2 Å². The van der Waals surface area contributed by atoms with Gasteiger partial charge in [0.15, 0.2) is 0 Å². The quantitative estimate of drug-likeness (QED) is 0.742. The topological polar surface area (TPSA) is 58.6 Å². The Morgan fingerprint density at radius 1 is 1.35 bits per heavy atom. The Balaban J connectivity index is 2.87. The number of hydrogen-bond acceptors (Lipinski definition) is 3. The first-order chi connectivity index (χ1) is 10.9. The van der Waals surface area contributed by atoms with Crippen LogP contribution in [0.5, 0.6) is 5.75 Å². The molecule has 124 valence electrons. The summed E-state index contributed by atoms with van der Waals surface area (Å²) in [4.78, 5) is 26.3. The molecule has 2 amide bonds. The second kappa shape index (κ2) is 9.00. The van der Waals surface area contributed by atoms with E-state index in [4.69, 9.17) is 16.3 Å². The van der Waals surface area contributed by atoms with E-state index in [-0.39, 0.29) is 11.5 Å². The minimum Gasteiger partial charge on any atom is -0.496 e. The summed E-state index contributed by atoms with van der Waals surface area (Å²) in [5.41, 5.74) is 0.277. The molecule has 1 N–H and O–H groups in total. The molecule has 1 aromatic carbocycles. The Bertz CT molecular complexity index is 592. The average molecular weight is 337 g/mol. The van der Waals surface area contributed by atoms with Crippen molar-refractivity contribution in [3.05, 3.63) is 54.1 Å². The summed E-state index contributed by atoms with van der Waals surface area (Å²) < 4.78 is 5.15. The largest absolute Gasteiger partial charge is 0.496 e. The third-order valence-corrected chi connectivity index (χ3v) is 3.37. The highest BCUT2D eigenvalue weighted by Gasteiger charge is 2.22. The van der Waals surface area contributed by atoms with E-state index in [0.717, 1.165) is 0 Å². The van der Waals surface area contributed by atoms with Gasteiger partial charge in [-0.3, -0.25) is 9.59 Å². The van der Waals surface area contributed by atoms with Crippen LogP contribution in [0.25, 0.3) is 0 Å². The van der Waals surface area contributed by atoms with Crippen molar-refractivity contribution in [1.29, 1.82) is 0 Å². The van der Waals surface area contributed by atoms with E-state index in [1.807, 2.05) is 0 Å². The number of ether oxygens (including phenoxy) is 1. The molecule has 1 atom stereocenters. The molecule has 0 saturated heterocycles. The van der Waals surface area contributed by atoms with Crippen LogP contribution in [-0.4, -0.2) is 43.0 Å². The first kappa shape index (κ1) is 18.8. The van der Waals surface area contributed by atoms with Gasteiger partial charge < -0.3 is 15.0 Å². The van der Waals surface area contributed by atoms with Gasteiger partial charge in [0.2, 0.25) is 5.91 Å². The van der Waals surface area contributed by atoms with E-state index in [9.17, 15) is 9.59 Å². The third-order valence-electron chi connectivity index (χ3n) is 3.13. The molecule has 0 aliphatic rings. The van der Waals surface area contributed by atoms with Gasteiger partial charge >= 0.3 is 0 Å². The number of nitrogens with one attached hydrogen (secondary N) is 1. The van der Waals surface area contributed by atoms with E-state index in [2.05, 4.69) is 18.5 Å². The van der Waals surface area contributed by atoms with Crippen LogP contribution in [0, 0.1) is 0 Å². The molecule has 0 aliphatic heterocycles. The summed E-state index contributed by atoms with van der Waals surface area (Å²) in [6, 6.07) is 4.02. The number of rotatable bonds is 8. The maximum absolute atomic E-state index is 12.4. The molecule has 0 bridgehead atoms. The van der Waals surface area contributed by atoms with Crippen LogP contribution >= 0.6 is 11.6 Å². The van der Waals surface area contributed by atoms with Crippen molar-refractivity contribution < 1.29 is 14.3 Å². The lowest BCUT2D eigenvalue weighted by molar-refractivity contribution is -0.131. The summed E-state index contributed by atoms with van der Waals surface area (Å²) in [6.45, 7) is 9.62. The van der Waals surface area contributed by atoms with Gasteiger partial charge in [-0.15, -0.1) is 13.2 Å². The monoisotopic (exact) mass is 336 g/mol. The minimum absolute atomic E-state index is 0.223. The van der Waals surface area contributed by atoms with Gasteiger partial charge in [-0.1, -0.05) is 23.8 Å². The van der Waals surface area contributed by atoms with Crippen molar-refractivity contribution >= 4 is 23.4 Å². The molecule has 5 nitrogen and oxygen atoms in total. The zero-order chi connectivity index (χ0) is 17.4. The molecule has 0 heterocycles. The summed E-state index contributed by atoms with van der Waals surface area (Å²) in [5.74, 6) is -0.262. The SMILES string of the molecule is C=CCN(CC=C)C(=O)C(C)NC(=O)c1cc(Cl)ccc1OC. The van der Waals surface area contributed by atoms with Crippen LogP contribution in [0.15, 0.2) is 43.5 Å². The highest BCUT2D eigenvalue weighted by molar-refractivity contribution is 6.31. The Hall–Kier alpha value is -2.27. The smallest absolute Gasteiger partial charge is 0.255 e. The van der Waals surface area contributed by atoms with E-state index in [1.54, 1.807) is 36.1 Å². The Labute approximate surface area is 141 Å². The fourth-order valence-electron chi connectivity index (χ4n) is 2.03. The maximum atomic E-state index is 12.4. The lowest BCUT2D eigenvalue weighted by Gasteiger charge is -2.24. The molecule has 23 heavy (non-hydrogen) atoms. The molecule has 0 saturated carbocycles. The van der Waals surface area contributed by atoms with E-state index >= 15 is 0 Å². The molecule has 0 spiro atoms. The standard InChI is InChI=1S/C17H21ClN2O3/c1-5-9-20(10-6-2)17(22)12(3)19-16(21)14-11-13(18)7-8-15(14)23-4/h5-8,11-12H,1-2,9-10H2,3-4H3,(H,19,21). The zero-order valence-corrected chi connectivity index (χ0v) is 14.1. The number of benzene rings is 1. The predicted molar refractivity (Wildman–Crippen MR) is 91.9 cm³/mol. The highest BCUT2D eigenvalue weighted by atomic mass is 35.5. The molecule has 1 unspecified atom stereocenters. The van der Waals surface area contributed by atoms with Crippen LogP contribution in [0.1, 0.15) is 17.3 Å². The van der Waals surface area contributed by atoms with Gasteiger partial charge in [0.25, 0.3) is 5.91 Å². The second-order valence-electron chi connectivity index (χ2n) is 4.86. The molecular weight excluding hydrogens is 316 g/mol. The van der Waals surface area contributed by atoms with Gasteiger partial charge in [-0.2, -0.15) is 0 Å². The summed E-state index contributed by atoms with van der Waals surface area (Å²) in [5, 5.41) is 3.07. The molecule has 0 fully saturated rings. The zero-order valence-electron chi connectivity index (χ0n) is 13.3. The fourth-order valence-corrected chi connectivity index (χ4v) is 2.21. The third kappa shape index (κ3) is 5.14. The first-order valence-corrected chi connectivity index (χ1v) is 7.47. The number of carbonyl (C=O) groups excluding carboxylic acids is 2. The van der Waals surface area contributed by atoms with Crippen molar-refractivity contribution in [1.82, 2.24) is 10.2 Å². The molecule has 6 heteroatoms. The predicted octanol–water partition coefficient (Wildman–Crippen LogP) is 2.67. The Kier molecular flexibility index (Phi) is 7.35. The Morgan fingerprint density at radius 3 is 2.48 bits per heavy atom. The van der Waals surface area contributed by atoms with Crippen LogP contribution in [0.2, 0.25) is 5.02 Å². The maximum Gasteiger partial charge on any atom is 0.255 e. The van der Waals surface area contributed by atoms with Crippen molar-refractivity contribution in [3.8, 4) is 5.75 Å². The van der Waals surface area contributed by atoms with E-state index in [0.29, 0.717) is 23.9 Å². The number of carbonyl (C=O) groups is 2. The number of halogens is 1.